The largest absolute Gasteiger partial charge is 0.390 e. The van der Waals surface area contributed by atoms with Crippen LogP contribution in [-0.2, 0) is 4.79 Å². The van der Waals surface area contributed by atoms with E-state index < -0.39 is 5.60 Å². The summed E-state index contributed by atoms with van der Waals surface area (Å²) >= 11 is 0. The highest BCUT2D eigenvalue weighted by Crippen LogP contribution is 2.26. The van der Waals surface area contributed by atoms with Crippen molar-refractivity contribution in [2.75, 3.05) is 13.1 Å². The molecule has 3 heteroatoms. The molecule has 0 radical (unpaired) electrons. The molecule has 1 fully saturated rings. The molecule has 0 aromatic carbocycles. The van der Waals surface area contributed by atoms with Crippen molar-refractivity contribution < 1.29 is 9.90 Å². The van der Waals surface area contributed by atoms with Crippen LogP contribution in [0.3, 0.4) is 0 Å². The molecule has 0 aromatic rings. The molecular weight excluding hydrogens is 178 g/mol. The summed E-state index contributed by atoms with van der Waals surface area (Å²) in [6, 6.07) is 0. The number of hydrogen-bond acceptors (Lipinski definition) is 2. The van der Waals surface area contributed by atoms with E-state index in [2.05, 4.69) is 6.58 Å². The van der Waals surface area contributed by atoms with Crippen LogP contribution in [0.5, 0.6) is 0 Å². The first-order valence-corrected chi connectivity index (χ1v) is 5.09. The van der Waals surface area contributed by atoms with Crippen molar-refractivity contribution in [3.8, 4) is 0 Å². The number of hydrogen-bond donors (Lipinski definition) is 1. The fourth-order valence-corrected chi connectivity index (χ4v) is 1.88. The van der Waals surface area contributed by atoms with Gasteiger partial charge in [0.1, 0.15) is 0 Å². The first kappa shape index (κ1) is 11.2. The fourth-order valence-electron chi connectivity index (χ4n) is 1.88. The van der Waals surface area contributed by atoms with Crippen LogP contribution in [0.4, 0.5) is 0 Å². The molecule has 0 bridgehead atoms. The van der Waals surface area contributed by atoms with E-state index in [-0.39, 0.29) is 11.8 Å². The first-order chi connectivity index (χ1) is 6.45. The van der Waals surface area contributed by atoms with E-state index in [1.54, 1.807) is 18.7 Å². The highest BCUT2D eigenvalue weighted by Gasteiger charge is 2.32. The summed E-state index contributed by atoms with van der Waals surface area (Å²) in [6.07, 6.45) is 3.30. The number of carbonyl (C=O) groups excluding carboxylic acids is 1. The summed E-state index contributed by atoms with van der Waals surface area (Å²) in [4.78, 5) is 13.1. The molecule has 1 rings (SSSR count). The summed E-state index contributed by atoms with van der Waals surface area (Å²) in [7, 11) is 0. The molecular formula is C11H19NO2. The second-order valence-corrected chi connectivity index (χ2v) is 4.48. The Morgan fingerprint density at radius 1 is 1.64 bits per heavy atom. The van der Waals surface area contributed by atoms with Crippen LogP contribution in [0.25, 0.3) is 0 Å². The fraction of sp³-hybridized carbons (Fsp3) is 0.727. The summed E-state index contributed by atoms with van der Waals surface area (Å²) in [5, 5.41) is 9.85. The van der Waals surface area contributed by atoms with Gasteiger partial charge in [-0.25, -0.2) is 0 Å². The van der Waals surface area contributed by atoms with Crippen LogP contribution in [0.1, 0.15) is 26.7 Å². The van der Waals surface area contributed by atoms with Crippen molar-refractivity contribution in [2.45, 2.75) is 32.3 Å². The second kappa shape index (κ2) is 4.13. The van der Waals surface area contributed by atoms with Gasteiger partial charge in [0.05, 0.1) is 5.60 Å². The van der Waals surface area contributed by atoms with Crippen molar-refractivity contribution in [3.05, 3.63) is 12.7 Å². The smallest absolute Gasteiger partial charge is 0.245 e. The normalized spacial score (nSPS) is 23.4. The minimum atomic E-state index is -0.694. The van der Waals surface area contributed by atoms with Crippen molar-refractivity contribution in [1.29, 1.82) is 0 Å². The lowest BCUT2D eigenvalue weighted by molar-refractivity contribution is -0.129. The zero-order valence-electron chi connectivity index (χ0n) is 8.99. The number of nitrogens with zero attached hydrogens (tertiary/aromatic N) is 1. The Bertz CT molecular complexity index is 230. The Morgan fingerprint density at radius 2 is 2.29 bits per heavy atom. The zero-order chi connectivity index (χ0) is 10.8. The van der Waals surface area contributed by atoms with Gasteiger partial charge in [0.25, 0.3) is 0 Å². The molecule has 14 heavy (non-hydrogen) atoms. The highest BCUT2D eigenvalue weighted by atomic mass is 16.3. The summed E-state index contributed by atoms with van der Waals surface area (Å²) in [6.45, 7) is 8.52. The predicted octanol–water partition coefficient (Wildman–Crippen LogP) is 1.18. The lowest BCUT2D eigenvalue weighted by Gasteiger charge is -2.38. The monoisotopic (exact) mass is 197 g/mol. The minimum Gasteiger partial charge on any atom is -0.390 e. The maximum Gasteiger partial charge on any atom is 0.245 e. The Morgan fingerprint density at radius 3 is 2.79 bits per heavy atom. The number of aliphatic hydroxyl groups is 1. The van der Waals surface area contributed by atoms with Gasteiger partial charge in [0.2, 0.25) is 5.91 Å². The van der Waals surface area contributed by atoms with Crippen LogP contribution in [0.15, 0.2) is 12.7 Å². The summed E-state index contributed by atoms with van der Waals surface area (Å²) in [5.74, 6) is 0.152. The second-order valence-electron chi connectivity index (χ2n) is 4.48. The number of piperidine rings is 1. The Labute approximate surface area is 85.4 Å². The highest BCUT2D eigenvalue weighted by molar-refractivity contribution is 5.87. The van der Waals surface area contributed by atoms with Crippen LogP contribution in [0, 0.1) is 5.92 Å². The van der Waals surface area contributed by atoms with Gasteiger partial charge in [0.15, 0.2) is 0 Å². The lowest BCUT2D eigenvalue weighted by Crippen LogP contribution is -2.46. The van der Waals surface area contributed by atoms with Crippen LogP contribution < -0.4 is 0 Å². The maximum absolute atomic E-state index is 11.4. The Balaban J connectivity index is 2.60. The van der Waals surface area contributed by atoms with Crippen molar-refractivity contribution >= 4 is 5.91 Å². The Kier molecular flexibility index (Phi) is 3.32. The third-order valence-corrected chi connectivity index (χ3v) is 2.91. The molecule has 1 saturated heterocycles. The molecule has 3 nitrogen and oxygen atoms in total. The standard InChI is InChI=1S/C11H19NO2/c1-4-10(13)12-7-5-6-9(8-12)11(2,3)14/h4,9,14H,1,5-8H2,2-3H3. The SMILES string of the molecule is C=CC(=O)N1CCCC(C(C)(C)O)C1. The van der Waals surface area contributed by atoms with Gasteiger partial charge < -0.3 is 10.0 Å². The van der Waals surface area contributed by atoms with Gasteiger partial charge in [-0.15, -0.1) is 0 Å². The molecule has 1 unspecified atom stereocenters. The minimum absolute atomic E-state index is 0.0287. The molecule has 80 valence electrons. The Hall–Kier alpha value is -0.830. The van der Waals surface area contributed by atoms with E-state index in [9.17, 15) is 9.90 Å². The number of carbonyl (C=O) groups is 1. The average Bonchev–Trinajstić information content (AvgIpc) is 2.15. The van der Waals surface area contributed by atoms with Gasteiger partial charge in [0, 0.05) is 19.0 Å². The third kappa shape index (κ3) is 2.58. The lowest BCUT2D eigenvalue weighted by atomic mass is 9.84. The maximum atomic E-state index is 11.4. The zero-order valence-corrected chi connectivity index (χ0v) is 8.99. The van der Waals surface area contributed by atoms with E-state index in [0.717, 1.165) is 19.4 Å². The predicted molar refractivity (Wildman–Crippen MR) is 55.8 cm³/mol. The van der Waals surface area contributed by atoms with Gasteiger partial charge in [-0.3, -0.25) is 4.79 Å². The van der Waals surface area contributed by atoms with Gasteiger partial charge in [-0.1, -0.05) is 6.58 Å². The van der Waals surface area contributed by atoms with E-state index in [1.807, 2.05) is 0 Å². The molecule has 1 heterocycles. The number of amides is 1. The molecule has 1 amide bonds. The molecule has 0 aliphatic carbocycles. The van der Waals surface area contributed by atoms with E-state index in [1.165, 1.54) is 6.08 Å². The van der Waals surface area contributed by atoms with Gasteiger partial charge in [-0.2, -0.15) is 0 Å². The van der Waals surface area contributed by atoms with Crippen LogP contribution in [-0.4, -0.2) is 34.6 Å². The first-order valence-electron chi connectivity index (χ1n) is 5.09. The average molecular weight is 197 g/mol. The molecule has 1 N–H and O–H groups in total. The van der Waals surface area contributed by atoms with Crippen molar-refractivity contribution in [2.24, 2.45) is 5.92 Å². The molecule has 0 aromatic heterocycles. The van der Waals surface area contributed by atoms with E-state index >= 15 is 0 Å². The molecule has 1 aliphatic rings. The van der Waals surface area contributed by atoms with Crippen molar-refractivity contribution in [3.63, 3.8) is 0 Å². The molecule has 1 atom stereocenters. The van der Waals surface area contributed by atoms with Crippen molar-refractivity contribution in [1.82, 2.24) is 4.90 Å². The van der Waals surface area contributed by atoms with Gasteiger partial charge in [-0.05, 0) is 32.8 Å². The summed E-state index contributed by atoms with van der Waals surface area (Å²) < 4.78 is 0. The molecule has 0 spiro atoms. The topological polar surface area (TPSA) is 40.5 Å². The molecule has 0 saturated carbocycles. The number of rotatable bonds is 2. The molecule has 1 aliphatic heterocycles. The van der Waals surface area contributed by atoms with E-state index in [0.29, 0.717) is 6.54 Å². The van der Waals surface area contributed by atoms with Crippen LogP contribution >= 0.6 is 0 Å². The summed E-state index contributed by atoms with van der Waals surface area (Å²) in [5.41, 5.74) is -0.694. The van der Waals surface area contributed by atoms with Crippen LogP contribution in [0.2, 0.25) is 0 Å². The van der Waals surface area contributed by atoms with Gasteiger partial charge >= 0.3 is 0 Å². The quantitative estimate of drug-likeness (QED) is 0.675. The third-order valence-electron chi connectivity index (χ3n) is 2.91. The number of likely N-dealkylation sites (tertiary alicyclic amines) is 1. The van der Waals surface area contributed by atoms with E-state index in [4.69, 9.17) is 0 Å².